The van der Waals surface area contributed by atoms with Gasteiger partial charge >= 0.3 is 0 Å². The van der Waals surface area contributed by atoms with E-state index in [-0.39, 0.29) is 23.9 Å². The van der Waals surface area contributed by atoms with Gasteiger partial charge in [-0.15, -0.1) is 0 Å². The Hall–Kier alpha value is -2.96. The molecule has 0 fully saturated rings. The van der Waals surface area contributed by atoms with Gasteiger partial charge in [0.2, 0.25) is 15.9 Å². The zero-order chi connectivity index (χ0) is 24.2. The molecule has 0 aliphatic heterocycles. The minimum atomic E-state index is -3.92. The van der Waals surface area contributed by atoms with Crippen LogP contribution in [0.1, 0.15) is 40.3 Å². The van der Waals surface area contributed by atoms with Crippen molar-refractivity contribution in [2.24, 2.45) is 0 Å². The smallest absolute Gasteiger partial charge is 0.244 e. The molecule has 0 aliphatic rings. The van der Waals surface area contributed by atoms with Crippen LogP contribution in [0.5, 0.6) is 0 Å². The molecule has 6 heteroatoms. The van der Waals surface area contributed by atoms with E-state index in [0.29, 0.717) is 16.8 Å². The number of rotatable bonds is 8. The van der Waals surface area contributed by atoms with Gasteiger partial charge in [0.05, 0.1) is 11.4 Å². The second-order valence-corrected chi connectivity index (χ2v) is 10.4. The Bertz CT molecular complexity index is 1230. The molecule has 174 valence electrons. The molecule has 1 amide bonds. The molecule has 0 spiro atoms. The van der Waals surface area contributed by atoms with Crippen LogP contribution >= 0.6 is 0 Å². The Kier molecular flexibility index (Phi) is 7.72. The molecule has 0 saturated heterocycles. The first-order chi connectivity index (χ1) is 15.6. The molecular weight excluding hydrogens is 432 g/mol. The molecule has 1 N–H and O–H groups in total. The molecule has 0 atom stereocenters. The molecule has 0 radical (unpaired) electrons. The first-order valence-corrected chi connectivity index (χ1v) is 12.6. The summed E-state index contributed by atoms with van der Waals surface area (Å²) in [5.74, 6) is -0.367. The van der Waals surface area contributed by atoms with Crippen LogP contribution in [0.2, 0.25) is 0 Å². The van der Waals surface area contributed by atoms with Gasteiger partial charge in [0.25, 0.3) is 0 Å². The number of carbonyl (C=O) groups is 1. The zero-order valence-electron chi connectivity index (χ0n) is 20.0. The van der Waals surface area contributed by atoms with Crippen LogP contribution in [0.25, 0.3) is 0 Å². The number of sulfonamides is 1. The maximum atomic E-state index is 13.8. The van der Waals surface area contributed by atoms with Crippen molar-refractivity contribution in [1.29, 1.82) is 0 Å². The number of carbonyl (C=O) groups excluding carboxylic acids is 1. The van der Waals surface area contributed by atoms with E-state index >= 15 is 0 Å². The average Bonchev–Trinajstić information content (AvgIpc) is 2.74. The van der Waals surface area contributed by atoms with Crippen molar-refractivity contribution < 1.29 is 13.2 Å². The van der Waals surface area contributed by atoms with Crippen molar-refractivity contribution in [2.75, 3.05) is 11.9 Å². The third kappa shape index (κ3) is 5.89. The number of nitrogens with one attached hydrogen (secondary N) is 1. The summed E-state index contributed by atoms with van der Waals surface area (Å²) in [5, 5.41) is 2.90. The third-order valence-electron chi connectivity index (χ3n) is 5.67. The van der Waals surface area contributed by atoms with E-state index in [1.54, 1.807) is 13.8 Å². The summed E-state index contributed by atoms with van der Waals surface area (Å²) < 4.78 is 28.9. The first kappa shape index (κ1) is 24.7. The molecular formula is C27H32N2O3S. The van der Waals surface area contributed by atoms with E-state index in [9.17, 15) is 13.2 Å². The van der Waals surface area contributed by atoms with Crippen LogP contribution in [0, 0.1) is 27.7 Å². The molecule has 0 aliphatic carbocycles. The van der Waals surface area contributed by atoms with Crippen molar-refractivity contribution in [2.45, 2.75) is 52.5 Å². The van der Waals surface area contributed by atoms with E-state index in [1.165, 1.54) is 4.31 Å². The van der Waals surface area contributed by atoms with Crippen molar-refractivity contribution >= 4 is 21.6 Å². The lowest BCUT2D eigenvalue weighted by molar-refractivity contribution is -0.116. The fourth-order valence-corrected chi connectivity index (χ4v) is 5.92. The molecule has 0 heterocycles. The molecule has 33 heavy (non-hydrogen) atoms. The number of aryl methyl sites for hydroxylation is 5. The zero-order valence-corrected chi connectivity index (χ0v) is 20.8. The molecule has 0 unspecified atom stereocenters. The average molecular weight is 465 g/mol. The highest BCUT2D eigenvalue weighted by molar-refractivity contribution is 7.89. The molecule has 0 bridgehead atoms. The van der Waals surface area contributed by atoms with Crippen LogP contribution in [-0.2, 0) is 27.8 Å². The molecule has 3 rings (SSSR count). The summed E-state index contributed by atoms with van der Waals surface area (Å²) in [6.07, 6.45) is 0.767. The van der Waals surface area contributed by atoms with Gasteiger partial charge < -0.3 is 5.32 Å². The SMILES string of the molecule is CCc1ccccc1NC(=O)CN(Cc1ccc(C)cc1)S(=O)(=O)c1c(C)cc(C)cc1C. The Morgan fingerprint density at radius 2 is 1.48 bits per heavy atom. The highest BCUT2D eigenvalue weighted by atomic mass is 32.2. The van der Waals surface area contributed by atoms with Gasteiger partial charge in [0.15, 0.2) is 0 Å². The minimum Gasteiger partial charge on any atom is -0.325 e. The Morgan fingerprint density at radius 1 is 0.879 bits per heavy atom. The van der Waals surface area contributed by atoms with Crippen LogP contribution in [-0.4, -0.2) is 25.2 Å². The van der Waals surface area contributed by atoms with Crippen molar-refractivity contribution in [1.82, 2.24) is 4.31 Å². The summed E-state index contributed by atoms with van der Waals surface area (Å²) in [5.41, 5.74) is 5.99. The van der Waals surface area contributed by atoms with Crippen LogP contribution in [0.4, 0.5) is 5.69 Å². The molecule has 0 aromatic heterocycles. The largest absolute Gasteiger partial charge is 0.325 e. The number of para-hydroxylation sites is 1. The van der Waals surface area contributed by atoms with Gasteiger partial charge in [0.1, 0.15) is 0 Å². The van der Waals surface area contributed by atoms with E-state index in [2.05, 4.69) is 5.32 Å². The van der Waals surface area contributed by atoms with Crippen LogP contribution in [0.15, 0.2) is 65.6 Å². The van der Waals surface area contributed by atoms with E-state index < -0.39 is 10.0 Å². The molecule has 5 nitrogen and oxygen atoms in total. The number of anilines is 1. The third-order valence-corrected chi connectivity index (χ3v) is 7.77. The van der Waals surface area contributed by atoms with E-state index in [1.807, 2.05) is 81.4 Å². The Morgan fingerprint density at radius 3 is 2.09 bits per heavy atom. The normalized spacial score (nSPS) is 11.6. The summed E-state index contributed by atoms with van der Waals surface area (Å²) in [7, 11) is -3.92. The number of benzene rings is 3. The van der Waals surface area contributed by atoms with E-state index in [4.69, 9.17) is 0 Å². The van der Waals surface area contributed by atoms with Crippen molar-refractivity contribution in [3.8, 4) is 0 Å². The van der Waals surface area contributed by atoms with Gasteiger partial charge in [0, 0.05) is 12.2 Å². The van der Waals surface area contributed by atoms with Gasteiger partial charge in [-0.2, -0.15) is 4.31 Å². The minimum absolute atomic E-state index is 0.109. The van der Waals surface area contributed by atoms with Crippen molar-refractivity contribution in [3.63, 3.8) is 0 Å². The van der Waals surface area contributed by atoms with Gasteiger partial charge in [-0.25, -0.2) is 8.42 Å². The number of amides is 1. The molecule has 3 aromatic carbocycles. The molecule has 0 saturated carbocycles. The summed E-state index contributed by atoms with van der Waals surface area (Å²) in [4.78, 5) is 13.3. The van der Waals surface area contributed by atoms with E-state index in [0.717, 1.165) is 28.7 Å². The Balaban J connectivity index is 1.97. The number of hydrogen-bond acceptors (Lipinski definition) is 3. The van der Waals surface area contributed by atoms with Crippen LogP contribution < -0.4 is 5.32 Å². The topological polar surface area (TPSA) is 66.5 Å². The van der Waals surface area contributed by atoms with Crippen molar-refractivity contribution in [3.05, 3.63) is 94.0 Å². The fourth-order valence-electron chi connectivity index (χ4n) is 4.13. The van der Waals surface area contributed by atoms with Gasteiger partial charge in [-0.3, -0.25) is 4.79 Å². The lowest BCUT2D eigenvalue weighted by Gasteiger charge is -2.24. The first-order valence-electron chi connectivity index (χ1n) is 11.1. The summed E-state index contributed by atoms with van der Waals surface area (Å²) in [6.45, 7) is 9.37. The Labute approximate surface area is 197 Å². The fraction of sp³-hybridized carbons (Fsp3) is 0.296. The second kappa shape index (κ2) is 10.3. The molecule has 3 aromatic rings. The highest BCUT2D eigenvalue weighted by Crippen LogP contribution is 2.27. The number of hydrogen-bond donors (Lipinski definition) is 1. The lowest BCUT2D eigenvalue weighted by Crippen LogP contribution is -2.38. The van der Waals surface area contributed by atoms with Gasteiger partial charge in [-0.05, 0) is 62.4 Å². The standard InChI is InChI=1S/C27H32N2O3S/c1-6-24-9-7-8-10-25(24)28-26(30)18-29(17-23-13-11-19(2)12-14-23)33(31,32)27-21(4)15-20(3)16-22(27)5/h7-16H,6,17-18H2,1-5H3,(H,28,30). The monoisotopic (exact) mass is 464 g/mol. The number of nitrogens with zero attached hydrogens (tertiary/aromatic N) is 1. The maximum Gasteiger partial charge on any atom is 0.244 e. The lowest BCUT2D eigenvalue weighted by atomic mass is 10.1. The summed E-state index contributed by atoms with van der Waals surface area (Å²) in [6, 6.07) is 19.0. The van der Waals surface area contributed by atoms with Crippen LogP contribution in [0.3, 0.4) is 0 Å². The second-order valence-electron chi connectivity index (χ2n) is 8.55. The predicted molar refractivity (Wildman–Crippen MR) is 134 cm³/mol. The predicted octanol–water partition coefficient (Wildman–Crippen LogP) is 5.31. The quantitative estimate of drug-likeness (QED) is 0.491. The maximum absolute atomic E-state index is 13.8. The highest BCUT2D eigenvalue weighted by Gasteiger charge is 2.30. The summed E-state index contributed by atoms with van der Waals surface area (Å²) >= 11 is 0. The van der Waals surface area contributed by atoms with Gasteiger partial charge in [-0.1, -0.05) is 72.6 Å².